The van der Waals surface area contributed by atoms with Crippen molar-refractivity contribution in [3.63, 3.8) is 0 Å². The molecule has 2 nitrogen and oxygen atoms in total. The number of hydrogen-bond donors (Lipinski definition) is 2. The summed E-state index contributed by atoms with van der Waals surface area (Å²) in [6.45, 7) is 6.66. The Balaban J connectivity index is 2.36. The van der Waals surface area contributed by atoms with Crippen LogP contribution in [0, 0.1) is 6.92 Å². The zero-order valence-corrected chi connectivity index (χ0v) is 11.1. The third-order valence-corrected chi connectivity index (χ3v) is 4.01. The summed E-state index contributed by atoms with van der Waals surface area (Å²) >= 11 is 0. The molecule has 0 bridgehead atoms. The summed E-state index contributed by atoms with van der Waals surface area (Å²) in [4.78, 5) is 0. The van der Waals surface area contributed by atoms with Crippen LogP contribution in [0.1, 0.15) is 43.4 Å². The first-order chi connectivity index (χ1) is 8.11. The van der Waals surface area contributed by atoms with E-state index in [0.717, 1.165) is 19.3 Å². The van der Waals surface area contributed by atoms with Crippen molar-refractivity contribution in [1.82, 2.24) is 5.32 Å². The number of aliphatic hydroxyl groups excluding tert-OH is 1. The maximum absolute atomic E-state index is 9.84. The first kappa shape index (κ1) is 12.6. The molecule has 2 N–H and O–H groups in total. The van der Waals surface area contributed by atoms with Crippen LogP contribution in [-0.2, 0) is 12.0 Å². The molecule has 17 heavy (non-hydrogen) atoms. The maximum Gasteiger partial charge on any atom is 0.0677 e. The number of fused-ring (bicyclic) bond motifs is 1. The van der Waals surface area contributed by atoms with Gasteiger partial charge in [0.2, 0.25) is 0 Å². The minimum atomic E-state index is -0.212. The standard InChI is InChI=1S/C15H23NO/c1-4-12(3)16-15(10-17)8-7-13-6-5-11(2)9-14(13)15/h5-6,9,12,16-17H,4,7-8,10H2,1-3H3. The minimum Gasteiger partial charge on any atom is -0.394 e. The fourth-order valence-electron chi connectivity index (χ4n) is 2.77. The van der Waals surface area contributed by atoms with Crippen LogP contribution in [0.2, 0.25) is 0 Å². The molecule has 0 spiro atoms. The molecule has 1 aromatic rings. The van der Waals surface area contributed by atoms with Crippen molar-refractivity contribution in [2.24, 2.45) is 0 Å². The van der Waals surface area contributed by atoms with Gasteiger partial charge in [-0.05, 0) is 44.2 Å². The van der Waals surface area contributed by atoms with Crippen LogP contribution in [-0.4, -0.2) is 17.8 Å². The molecule has 2 unspecified atom stereocenters. The Kier molecular flexibility index (Phi) is 3.55. The van der Waals surface area contributed by atoms with Crippen LogP contribution < -0.4 is 5.32 Å². The molecule has 0 saturated carbocycles. The number of rotatable bonds is 4. The molecule has 0 saturated heterocycles. The first-order valence-electron chi connectivity index (χ1n) is 6.60. The van der Waals surface area contributed by atoms with Gasteiger partial charge < -0.3 is 10.4 Å². The Morgan fingerprint density at radius 1 is 1.47 bits per heavy atom. The molecule has 0 amide bonds. The highest BCUT2D eigenvalue weighted by atomic mass is 16.3. The molecule has 0 fully saturated rings. The van der Waals surface area contributed by atoms with Gasteiger partial charge in [-0.3, -0.25) is 0 Å². The van der Waals surface area contributed by atoms with Crippen LogP contribution in [0.25, 0.3) is 0 Å². The quantitative estimate of drug-likeness (QED) is 0.837. The van der Waals surface area contributed by atoms with Gasteiger partial charge in [-0.1, -0.05) is 30.7 Å². The molecule has 0 aliphatic heterocycles. The minimum absolute atomic E-state index is 0.188. The largest absolute Gasteiger partial charge is 0.394 e. The molecule has 0 heterocycles. The monoisotopic (exact) mass is 233 g/mol. The van der Waals surface area contributed by atoms with Crippen LogP contribution in [0.15, 0.2) is 18.2 Å². The molecule has 1 aliphatic carbocycles. The summed E-state index contributed by atoms with van der Waals surface area (Å²) in [5.41, 5.74) is 3.76. The molecule has 2 heteroatoms. The van der Waals surface area contributed by atoms with Crippen molar-refractivity contribution in [3.05, 3.63) is 34.9 Å². The number of hydrogen-bond acceptors (Lipinski definition) is 2. The van der Waals surface area contributed by atoms with E-state index in [1.165, 1.54) is 16.7 Å². The Bertz CT molecular complexity index is 402. The van der Waals surface area contributed by atoms with E-state index in [0.29, 0.717) is 6.04 Å². The van der Waals surface area contributed by atoms with E-state index < -0.39 is 0 Å². The van der Waals surface area contributed by atoms with Gasteiger partial charge in [0.25, 0.3) is 0 Å². The highest BCUT2D eigenvalue weighted by Gasteiger charge is 2.38. The smallest absolute Gasteiger partial charge is 0.0677 e. The molecular formula is C15H23NO. The zero-order valence-electron chi connectivity index (χ0n) is 11.1. The van der Waals surface area contributed by atoms with Gasteiger partial charge in [0.1, 0.15) is 0 Å². The molecule has 94 valence electrons. The summed E-state index contributed by atoms with van der Waals surface area (Å²) in [6, 6.07) is 7.04. The number of nitrogens with one attached hydrogen (secondary N) is 1. The highest BCUT2D eigenvalue weighted by molar-refractivity contribution is 5.41. The molecule has 0 radical (unpaired) electrons. The molecule has 1 aromatic carbocycles. The fourth-order valence-corrected chi connectivity index (χ4v) is 2.77. The van der Waals surface area contributed by atoms with E-state index in [1.807, 2.05) is 0 Å². The van der Waals surface area contributed by atoms with Crippen LogP contribution in [0.5, 0.6) is 0 Å². The average Bonchev–Trinajstić information content (AvgIpc) is 2.68. The lowest BCUT2D eigenvalue weighted by molar-refractivity contribution is 0.148. The van der Waals surface area contributed by atoms with Gasteiger partial charge in [0, 0.05) is 6.04 Å². The molecule has 2 atom stereocenters. The Morgan fingerprint density at radius 3 is 2.88 bits per heavy atom. The van der Waals surface area contributed by atoms with Gasteiger partial charge in [0.15, 0.2) is 0 Å². The molecule has 0 aromatic heterocycles. The second-order valence-electron chi connectivity index (χ2n) is 5.35. The molecule has 1 aliphatic rings. The Morgan fingerprint density at radius 2 is 2.24 bits per heavy atom. The molecule has 2 rings (SSSR count). The van der Waals surface area contributed by atoms with Gasteiger partial charge in [-0.2, -0.15) is 0 Å². The highest BCUT2D eigenvalue weighted by Crippen LogP contribution is 2.37. The SMILES string of the molecule is CCC(C)NC1(CO)CCc2ccc(C)cc21. The summed E-state index contributed by atoms with van der Waals surface area (Å²) in [5, 5.41) is 13.5. The lowest BCUT2D eigenvalue weighted by Crippen LogP contribution is -2.48. The third kappa shape index (κ3) is 2.24. The van der Waals surface area contributed by atoms with Crippen LogP contribution in [0.3, 0.4) is 0 Å². The second-order valence-corrected chi connectivity index (χ2v) is 5.35. The van der Waals surface area contributed by atoms with Gasteiger partial charge >= 0.3 is 0 Å². The van der Waals surface area contributed by atoms with E-state index in [1.54, 1.807) is 0 Å². The summed E-state index contributed by atoms with van der Waals surface area (Å²) in [7, 11) is 0. The normalized spacial score (nSPS) is 24.7. The van der Waals surface area contributed by atoms with E-state index in [9.17, 15) is 5.11 Å². The predicted octanol–water partition coefficient (Wildman–Crippen LogP) is 2.52. The van der Waals surface area contributed by atoms with Gasteiger partial charge in [-0.15, -0.1) is 0 Å². The van der Waals surface area contributed by atoms with Crippen molar-refractivity contribution >= 4 is 0 Å². The van der Waals surface area contributed by atoms with E-state index >= 15 is 0 Å². The van der Waals surface area contributed by atoms with Crippen molar-refractivity contribution < 1.29 is 5.11 Å². The summed E-state index contributed by atoms with van der Waals surface area (Å²) < 4.78 is 0. The van der Waals surface area contributed by atoms with Crippen LogP contribution >= 0.6 is 0 Å². The summed E-state index contributed by atoms with van der Waals surface area (Å²) in [6.07, 6.45) is 3.16. The van der Waals surface area contributed by atoms with E-state index in [2.05, 4.69) is 44.3 Å². The Hall–Kier alpha value is -0.860. The lowest BCUT2D eigenvalue weighted by atomic mass is 9.90. The zero-order chi connectivity index (χ0) is 12.5. The number of benzene rings is 1. The van der Waals surface area contributed by atoms with Crippen molar-refractivity contribution in [1.29, 1.82) is 0 Å². The van der Waals surface area contributed by atoms with Crippen molar-refractivity contribution in [2.45, 2.75) is 51.6 Å². The topological polar surface area (TPSA) is 32.3 Å². The number of aliphatic hydroxyl groups is 1. The number of aryl methyl sites for hydroxylation is 2. The first-order valence-corrected chi connectivity index (χ1v) is 6.60. The summed E-state index contributed by atoms with van der Waals surface area (Å²) in [5.74, 6) is 0. The van der Waals surface area contributed by atoms with Gasteiger partial charge in [-0.25, -0.2) is 0 Å². The van der Waals surface area contributed by atoms with E-state index in [4.69, 9.17) is 0 Å². The van der Waals surface area contributed by atoms with Gasteiger partial charge in [0.05, 0.1) is 12.1 Å². The van der Waals surface area contributed by atoms with Crippen LogP contribution in [0.4, 0.5) is 0 Å². The lowest BCUT2D eigenvalue weighted by Gasteiger charge is -2.33. The molecular weight excluding hydrogens is 210 g/mol. The van der Waals surface area contributed by atoms with E-state index in [-0.39, 0.29) is 12.1 Å². The predicted molar refractivity (Wildman–Crippen MR) is 71.2 cm³/mol. The Labute approximate surface area is 104 Å². The fraction of sp³-hybridized carbons (Fsp3) is 0.600. The van der Waals surface area contributed by atoms with Crippen molar-refractivity contribution in [3.8, 4) is 0 Å². The van der Waals surface area contributed by atoms with Crippen molar-refractivity contribution in [2.75, 3.05) is 6.61 Å². The average molecular weight is 233 g/mol. The maximum atomic E-state index is 9.84. The third-order valence-electron chi connectivity index (χ3n) is 4.01. The second kappa shape index (κ2) is 4.79.